The Hall–Kier alpha value is -2.17. The number of ether oxygens (including phenoxy) is 2. The number of hydrogen-bond donors (Lipinski definition) is 5. The molecule has 5 atom stereocenters. The van der Waals surface area contributed by atoms with E-state index in [1.165, 1.54) is 12.1 Å². The van der Waals surface area contributed by atoms with Crippen LogP contribution in [-0.4, -0.2) is 62.8 Å². The molecule has 0 amide bonds. The molecule has 0 radical (unpaired) electrons. The first-order valence-electron chi connectivity index (χ1n) is 9.54. The minimum atomic E-state index is -1.63. The summed E-state index contributed by atoms with van der Waals surface area (Å²) in [6.45, 7) is 3.19. The van der Waals surface area contributed by atoms with E-state index < -0.39 is 42.9 Å². The summed E-state index contributed by atoms with van der Waals surface area (Å²) in [5.74, 6) is -0.432. The molecule has 1 aliphatic rings. The van der Waals surface area contributed by atoms with E-state index in [0.29, 0.717) is 22.9 Å². The van der Waals surface area contributed by atoms with Crippen LogP contribution in [0.1, 0.15) is 30.9 Å². The zero-order valence-corrected chi connectivity index (χ0v) is 16.2. The van der Waals surface area contributed by atoms with Gasteiger partial charge in [-0.3, -0.25) is 0 Å². The molecule has 1 saturated heterocycles. The molecule has 0 saturated carbocycles. The molecule has 0 bridgehead atoms. The summed E-state index contributed by atoms with van der Waals surface area (Å²) in [4.78, 5) is 12.3. The molecule has 1 aromatic heterocycles. The predicted molar refractivity (Wildman–Crippen MR) is 102 cm³/mol. The first kappa shape index (κ1) is 21.5. The molecular weight excluding hydrogens is 384 g/mol. The molecule has 2 heterocycles. The number of aromatic hydroxyl groups is 1. The second kappa shape index (κ2) is 8.68. The maximum Gasteiger partial charge on any atom is 0.339 e. The van der Waals surface area contributed by atoms with Crippen molar-refractivity contribution in [3.8, 4) is 11.5 Å². The average Bonchev–Trinajstić information content (AvgIpc) is 2.69. The van der Waals surface area contributed by atoms with Crippen molar-refractivity contribution in [1.29, 1.82) is 0 Å². The summed E-state index contributed by atoms with van der Waals surface area (Å²) in [6, 6.07) is 2.69. The minimum Gasteiger partial charge on any atom is -0.504 e. The number of hydrogen-bond acceptors (Lipinski definition) is 9. The topological polar surface area (TPSA) is 150 Å². The molecule has 5 N–H and O–H groups in total. The van der Waals surface area contributed by atoms with Crippen molar-refractivity contribution in [2.24, 2.45) is 0 Å². The largest absolute Gasteiger partial charge is 0.504 e. The number of aliphatic hydroxyl groups is 4. The van der Waals surface area contributed by atoms with Crippen LogP contribution in [0.15, 0.2) is 21.3 Å². The fourth-order valence-electron chi connectivity index (χ4n) is 3.43. The van der Waals surface area contributed by atoms with Crippen LogP contribution in [0.5, 0.6) is 11.5 Å². The van der Waals surface area contributed by atoms with Gasteiger partial charge in [0.05, 0.1) is 6.61 Å². The zero-order valence-electron chi connectivity index (χ0n) is 16.2. The highest BCUT2D eigenvalue weighted by Gasteiger charge is 2.45. The van der Waals surface area contributed by atoms with Crippen LogP contribution in [0.3, 0.4) is 0 Å². The smallest absolute Gasteiger partial charge is 0.339 e. The second-order valence-corrected chi connectivity index (χ2v) is 7.23. The van der Waals surface area contributed by atoms with Crippen LogP contribution in [0.25, 0.3) is 11.0 Å². The number of phenolic OH excluding ortho intramolecular Hbond substituents is 1. The fourth-order valence-corrected chi connectivity index (χ4v) is 3.43. The van der Waals surface area contributed by atoms with E-state index in [4.69, 9.17) is 13.9 Å². The SMILES string of the molecule is CCCCc1c(C)c2cc(O)c(O[C@@H]3OC(CO)[C@H](O)[C@@H](O)C3O)cc2oc1=O. The molecule has 0 aliphatic carbocycles. The summed E-state index contributed by atoms with van der Waals surface area (Å²) < 4.78 is 16.1. The molecule has 29 heavy (non-hydrogen) atoms. The molecule has 1 aliphatic heterocycles. The third kappa shape index (κ3) is 4.10. The standard InChI is InChI=1S/C20H26O9/c1-3-4-5-10-9(2)11-6-12(22)14(7-13(11)27-19(10)26)28-20-18(25)17(24)16(23)15(8-21)29-20/h6-7,15-18,20-25H,3-5,8H2,1-2H3/t15?,16-,17+,18?,20+/m0/s1. The van der Waals surface area contributed by atoms with E-state index in [1.807, 2.05) is 6.92 Å². The number of phenols is 1. The van der Waals surface area contributed by atoms with Crippen molar-refractivity contribution in [1.82, 2.24) is 0 Å². The molecule has 9 heteroatoms. The van der Waals surface area contributed by atoms with Gasteiger partial charge >= 0.3 is 5.63 Å². The second-order valence-electron chi connectivity index (χ2n) is 7.23. The molecule has 9 nitrogen and oxygen atoms in total. The Morgan fingerprint density at radius 3 is 2.52 bits per heavy atom. The van der Waals surface area contributed by atoms with Crippen molar-refractivity contribution in [3.63, 3.8) is 0 Å². The molecule has 160 valence electrons. The van der Waals surface area contributed by atoms with Gasteiger partial charge in [-0.2, -0.15) is 0 Å². The highest BCUT2D eigenvalue weighted by atomic mass is 16.7. The van der Waals surface area contributed by atoms with Gasteiger partial charge in [0, 0.05) is 17.0 Å². The molecule has 2 unspecified atom stereocenters. The van der Waals surface area contributed by atoms with Crippen LogP contribution in [-0.2, 0) is 11.2 Å². The van der Waals surface area contributed by atoms with E-state index >= 15 is 0 Å². The summed E-state index contributed by atoms with van der Waals surface area (Å²) >= 11 is 0. The number of aliphatic hydroxyl groups excluding tert-OH is 4. The number of benzene rings is 1. The Balaban J connectivity index is 1.94. The predicted octanol–water partition coefficient (Wildman–Crippen LogP) is 0.328. The maximum absolute atomic E-state index is 12.3. The number of unbranched alkanes of at least 4 members (excludes halogenated alkanes) is 1. The van der Waals surface area contributed by atoms with Crippen LogP contribution < -0.4 is 10.4 Å². The summed E-state index contributed by atoms with van der Waals surface area (Å²) in [5.41, 5.74) is 0.985. The van der Waals surface area contributed by atoms with Gasteiger partial charge in [-0.25, -0.2) is 4.79 Å². The molecule has 3 rings (SSSR count). The van der Waals surface area contributed by atoms with E-state index in [-0.39, 0.29) is 17.1 Å². The zero-order chi connectivity index (χ0) is 21.3. The van der Waals surface area contributed by atoms with Crippen LogP contribution in [0, 0.1) is 6.92 Å². The van der Waals surface area contributed by atoms with E-state index in [1.54, 1.807) is 6.92 Å². The van der Waals surface area contributed by atoms with Crippen molar-refractivity contribution in [2.75, 3.05) is 6.61 Å². The van der Waals surface area contributed by atoms with Crippen LogP contribution in [0.4, 0.5) is 0 Å². The lowest BCUT2D eigenvalue weighted by Gasteiger charge is -2.39. The summed E-state index contributed by atoms with van der Waals surface area (Å²) in [6.07, 6.45) is -5.06. The van der Waals surface area contributed by atoms with Gasteiger partial charge in [-0.15, -0.1) is 0 Å². The lowest BCUT2D eigenvalue weighted by molar-refractivity contribution is -0.277. The lowest BCUT2D eigenvalue weighted by Crippen LogP contribution is -2.60. The molecule has 2 aromatic rings. The van der Waals surface area contributed by atoms with Gasteiger partial charge in [0.2, 0.25) is 6.29 Å². The van der Waals surface area contributed by atoms with Gasteiger partial charge < -0.3 is 39.4 Å². The van der Waals surface area contributed by atoms with E-state index in [9.17, 15) is 30.3 Å². The fraction of sp³-hybridized carbons (Fsp3) is 0.550. The Kier molecular flexibility index (Phi) is 6.45. The monoisotopic (exact) mass is 410 g/mol. The maximum atomic E-state index is 12.3. The third-order valence-electron chi connectivity index (χ3n) is 5.24. The van der Waals surface area contributed by atoms with Gasteiger partial charge in [0.25, 0.3) is 0 Å². The number of aryl methyl sites for hydroxylation is 1. The molecule has 0 spiro atoms. The Morgan fingerprint density at radius 1 is 1.14 bits per heavy atom. The van der Waals surface area contributed by atoms with Crippen LogP contribution >= 0.6 is 0 Å². The summed E-state index contributed by atoms with van der Waals surface area (Å²) in [7, 11) is 0. The highest BCUT2D eigenvalue weighted by Crippen LogP contribution is 2.35. The van der Waals surface area contributed by atoms with Crippen molar-refractivity contribution in [3.05, 3.63) is 33.7 Å². The van der Waals surface area contributed by atoms with Gasteiger partial charge in [0.1, 0.15) is 30.0 Å². The molecular formula is C20H26O9. The van der Waals surface area contributed by atoms with Crippen LogP contribution in [0.2, 0.25) is 0 Å². The Morgan fingerprint density at radius 2 is 1.86 bits per heavy atom. The van der Waals surface area contributed by atoms with Crippen molar-refractivity contribution < 1.29 is 39.4 Å². The van der Waals surface area contributed by atoms with E-state index in [0.717, 1.165) is 12.8 Å². The van der Waals surface area contributed by atoms with Gasteiger partial charge in [-0.1, -0.05) is 13.3 Å². The lowest BCUT2D eigenvalue weighted by atomic mass is 9.99. The van der Waals surface area contributed by atoms with Crippen molar-refractivity contribution >= 4 is 11.0 Å². The van der Waals surface area contributed by atoms with E-state index in [2.05, 4.69) is 0 Å². The Labute approximate surface area is 166 Å². The van der Waals surface area contributed by atoms with Crippen molar-refractivity contribution in [2.45, 2.75) is 63.8 Å². The molecule has 1 fully saturated rings. The first-order chi connectivity index (χ1) is 13.8. The van der Waals surface area contributed by atoms with Gasteiger partial charge in [0.15, 0.2) is 11.5 Å². The average molecular weight is 410 g/mol. The van der Waals surface area contributed by atoms with Gasteiger partial charge in [-0.05, 0) is 31.4 Å². The normalized spacial score (nSPS) is 27.3. The third-order valence-corrected chi connectivity index (χ3v) is 5.24. The highest BCUT2D eigenvalue weighted by molar-refractivity contribution is 5.84. The number of fused-ring (bicyclic) bond motifs is 1. The minimum absolute atomic E-state index is 0.148. The molecule has 1 aromatic carbocycles. The first-order valence-corrected chi connectivity index (χ1v) is 9.54. The Bertz CT molecular complexity index is 920. The quantitative estimate of drug-likeness (QED) is 0.425. The summed E-state index contributed by atoms with van der Waals surface area (Å²) in [5, 5.41) is 50.0. The number of rotatable bonds is 6.